The van der Waals surface area contributed by atoms with Crippen LogP contribution in [0.4, 0.5) is 5.95 Å². The summed E-state index contributed by atoms with van der Waals surface area (Å²) in [4.78, 5) is 0. The van der Waals surface area contributed by atoms with Crippen LogP contribution in [0.5, 0.6) is 0 Å². The molecule has 0 spiro atoms. The first kappa shape index (κ1) is 12.1. The molecular formula is C10H11Cl2N5. The van der Waals surface area contributed by atoms with Crippen molar-refractivity contribution in [1.29, 1.82) is 0 Å². The summed E-state index contributed by atoms with van der Waals surface area (Å²) in [5.74, 6) is 0.624. The van der Waals surface area contributed by atoms with Crippen LogP contribution >= 0.6 is 23.2 Å². The summed E-state index contributed by atoms with van der Waals surface area (Å²) in [5, 5.41) is 15.6. The lowest BCUT2D eigenvalue weighted by molar-refractivity contribution is 0.629. The Morgan fingerprint density at radius 3 is 2.88 bits per heavy atom. The van der Waals surface area contributed by atoms with Crippen molar-refractivity contribution in [2.45, 2.75) is 20.0 Å². The van der Waals surface area contributed by atoms with Gasteiger partial charge in [0, 0.05) is 23.1 Å². The number of rotatable bonds is 4. The molecule has 17 heavy (non-hydrogen) atoms. The molecule has 1 N–H and O–H groups in total. The predicted octanol–water partition coefficient (Wildman–Crippen LogP) is 2.61. The molecule has 90 valence electrons. The van der Waals surface area contributed by atoms with Crippen LogP contribution < -0.4 is 5.32 Å². The second kappa shape index (κ2) is 5.33. The van der Waals surface area contributed by atoms with Gasteiger partial charge in [-0.15, -0.1) is 0 Å². The maximum Gasteiger partial charge on any atom is 0.243 e. The van der Waals surface area contributed by atoms with Gasteiger partial charge in [-0.05, 0) is 35.0 Å². The smallest absolute Gasteiger partial charge is 0.243 e. The number of nitrogens with one attached hydrogen (secondary N) is 1. The molecule has 0 unspecified atom stereocenters. The van der Waals surface area contributed by atoms with Crippen LogP contribution in [0.2, 0.25) is 10.0 Å². The van der Waals surface area contributed by atoms with E-state index in [-0.39, 0.29) is 0 Å². The minimum atomic E-state index is 0.552. The van der Waals surface area contributed by atoms with Gasteiger partial charge in [-0.25, -0.2) is 4.68 Å². The van der Waals surface area contributed by atoms with Crippen LogP contribution in [0.15, 0.2) is 18.2 Å². The first-order chi connectivity index (χ1) is 8.20. The summed E-state index contributed by atoms with van der Waals surface area (Å²) in [6, 6.07) is 5.38. The molecule has 0 bridgehead atoms. The van der Waals surface area contributed by atoms with Gasteiger partial charge in [-0.3, -0.25) is 0 Å². The van der Waals surface area contributed by atoms with Crippen LogP contribution in [0.1, 0.15) is 12.5 Å². The lowest BCUT2D eigenvalue weighted by atomic mass is 10.2. The van der Waals surface area contributed by atoms with Crippen molar-refractivity contribution in [3.05, 3.63) is 33.8 Å². The topological polar surface area (TPSA) is 55.6 Å². The van der Waals surface area contributed by atoms with Gasteiger partial charge in [0.15, 0.2) is 0 Å². The molecule has 1 aromatic carbocycles. The predicted molar refractivity (Wildman–Crippen MR) is 67.3 cm³/mol. The maximum absolute atomic E-state index is 6.06. The molecule has 0 atom stereocenters. The monoisotopic (exact) mass is 271 g/mol. The number of hydrogen-bond acceptors (Lipinski definition) is 4. The maximum atomic E-state index is 6.06. The van der Waals surface area contributed by atoms with Crippen molar-refractivity contribution in [3.63, 3.8) is 0 Å². The zero-order chi connectivity index (χ0) is 12.3. The van der Waals surface area contributed by atoms with Crippen LogP contribution in [-0.4, -0.2) is 20.2 Å². The molecule has 0 aliphatic rings. The Labute approximate surface area is 109 Å². The third-order valence-electron chi connectivity index (χ3n) is 2.28. The average molecular weight is 272 g/mol. The number of hydrogen-bond donors (Lipinski definition) is 1. The van der Waals surface area contributed by atoms with Gasteiger partial charge in [0.1, 0.15) is 0 Å². The standard InChI is InChI=1S/C10H11Cl2N5/c1-2-17-10(14-15-16-17)13-6-7-3-4-8(11)5-9(7)12/h3-5H,2,6H2,1H3,(H,13,14,16). The van der Waals surface area contributed by atoms with Gasteiger partial charge in [-0.2, -0.15) is 0 Å². The highest BCUT2D eigenvalue weighted by atomic mass is 35.5. The fourth-order valence-corrected chi connectivity index (χ4v) is 1.86. The highest BCUT2D eigenvalue weighted by Crippen LogP contribution is 2.21. The van der Waals surface area contributed by atoms with Crippen LogP contribution in [-0.2, 0) is 13.1 Å². The molecule has 5 nitrogen and oxygen atoms in total. The van der Waals surface area contributed by atoms with Crippen molar-refractivity contribution in [1.82, 2.24) is 20.2 Å². The Morgan fingerprint density at radius 2 is 2.18 bits per heavy atom. The Balaban J connectivity index is 2.07. The van der Waals surface area contributed by atoms with E-state index in [0.29, 0.717) is 29.1 Å². The molecule has 0 saturated heterocycles. The fourth-order valence-electron chi connectivity index (χ4n) is 1.38. The minimum absolute atomic E-state index is 0.552. The largest absolute Gasteiger partial charge is 0.349 e. The Bertz CT molecular complexity index is 511. The zero-order valence-corrected chi connectivity index (χ0v) is 10.7. The number of aryl methyl sites for hydroxylation is 1. The summed E-state index contributed by atoms with van der Waals surface area (Å²) in [7, 11) is 0. The van der Waals surface area contributed by atoms with Gasteiger partial charge in [0.25, 0.3) is 0 Å². The quantitative estimate of drug-likeness (QED) is 0.929. The molecule has 0 fully saturated rings. The zero-order valence-electron chi connectivity index (χ0n) is 9.19. The van der Waals surface area contributed by atoms with Crippen molar-refractivity contribution in [3.8, 4) is 0 Å². The molecule has 0 aliphatic carbocycles. The summed E-state index contributed by atoms with van der Waals surface area (Å²) >= 11 is 11.9. The second-order valence-corrected chi connectivity index (χ2v) is 4.25. The molecule has 0 aliphatic heterocycles. The number of halogens is 2. The molecular weight excluding hydrogens is 261 g/mol. The van der Waals surface area contributed by atoms with E-state index in [1.165, 1.54) is 0 Å². The van der Waals surface area contributed by atoms with Crippen LogP contribution in [0.25, 0.3) is 0 Å². The number of tetrazole rings is 1. The van der Waals surface area contributed by atoms with E-state index in [0.717, 1.165) is 5.56 Å². The molecule has 0 amide bonds. The fraction of sp³-hybridized carbons (Fsp3) is 0.300. The average Bonchev–Trinajstić information content (AvgIpc) is 2.75. The SMILES string of the molecule is CCn1nnnc1NCc1ccc(Cl)cc1Cl. The molecule has 2 rings (SSSR count). The molecule has 1 aromatic heterocycles. The van der Waals surface area contributed by atoms with Crippen molar-refractivity contribution in [2.24, 2.45) is 0 Å². The summed E-state index contributed by atoms with van der Waals surface area (Å²) in [6.07, 6.45) is 0. The van der Waals surface area contributed by atoms with Crippen LogP contribution in [0.3, 0.4) is 0 Å². The molecule has 0 saturated carbocycles. The highest BCUT2D eigenvalue weighted by molar-refractivity contribution is 6.35. The Hall–Kier alpha value is -1.33. The Morgan fingerprint density at radius 1 is 1.35 bits per heavy atom. The van der Waals surface area contributed by atoms with E-state index in [2.05, 4.69) is 20.8 Å². The second-order valence-electron chi connectivity index (χ2n) is 3.41. The van der Waals surface area contributed by atoms with E-state index >= 15 is 0 Å². The molecule has 2 aromatic rings. The first-order valence-electron chi connectivity index (χ1n) is 5.14. The molecule has 1 heterocycles. The highest BCUT2D eigenvalue weighted by Gasteiger charge is 2.05. The van der Waals surface area contributed by atoms with Gasteiger partial charge >= 0.3 is 0 Å². The van der Waals surface area contributed by atoms with Gasteiger partial charge in [-0.1, -0.05) is 34.4 Å². The van der Waals surface area contributed by atoms with E-state index in [1.54, 1.807) is 16.8 Å². The van der Waals surface area contributed by atoms with Crippen molar-refractivity contribution in [2.75, 3.05) is 5.32 Å². The number of nitrogens with zero attached hydrogens (tertiary/aromatic N) is 4. The third kappa shape index (κ3) is 2.87. The van der Waals surface area contributed by atoms with Gasteiger partial charge < -0.3 is 5.32 Å². The first-order valence-corrected chi connectivity index (χ1v) is 5.90. The van der Waals surface area contributed by atoms with E-state index in [4.69, 9.17) is 23.2 Å². The van der Waals surface area contributed by atoms with E-state index in [9.17, 15) is 0 Å². The minimum Gasteiger partial charge on any atom is -0.349 e. The lowest BCUT2D eigenvalue weighted by Crippen LogP contribution is -2.08. The summed E-state index contributed by atoms with van der Waals surface area (Å²) < 4.78 is 1.67. The molecule has 7 heteroatoms. The van der Waals surface area contributed by atoms with E-state index < -0.39 is 0 Å². The summed E-state index contributed by atoms with van der Waals surface area (Å²) in [6.45, 7) is 3.23. The third-order valence-corrected chi connectivity index (χ3v) is 2.87. The van der Waals surface area contributed by atoms with Gasteiger partial charge in [0.2, 0.25) is 5.95 Å². The van der Waals surface area contributed by atoms with Gasteiger partial charge in [0.05, 0.1) is 0 Å². The summed E-state index contributed by atoms with van der Waals surface area (Å²) in [5.41, 5.74) is 0.946. The molecule has 0 radical (unpaired) electrons. The van der Waals surface area contributed by atoms with E-state index in [1.807, 2.05) is 13.0 Å². The van der Waals surface area contributed by atoms with Crippen molar-refractivity contribution >= 4 is 29.2 Å². The number of anilines is 1. The Kier molecular flexibility index (Phi) is 3.81. The normalized spacial score (nSPS) is 10.5. The van der Waals surface area contributed by atoms with Crippen molar-refractivity contribution < 1.29 is 0 Å². The van der Waals surface area contributed by atoms with Crippen LogP contribution in [0, 0.1) is 0 Å². The lowest BCUT2D eigenvalue weighted by Gasteiger charge is -2.07. The number of aromatic nitrogens is 4. The number of benzene rings is 1.